The minimum Gasteiger partial charge on any atom is -0.299 e. The number of Topliss-reactive ketones (excluding diaryl/α,β-unsaturated/α-hetero) is 1. The number of rotatable bonds is 3. The summed E-state index contributed by atoms with van der Waals surface area (Å²) in [7, 11) is 0. The van der Waals surface area contributed by atoms with Crippen LogP contribution in [0.2, 0.25) is 0 Å². The molecule has 1 unspecified atom stereocenters. The van der Waals surface area contributed by atoms with Crippen LogP contribution in [-0.2, 0) is 4.79 Å². The maximum Gasteiger partial charge on any atom is 0.139 e. The Morgan fingerprint density at radius 2 is 1.88 bits per heavy atom. The van der Waals surface area contributed by atoms with E-state index in [9.17, 15) is 4.79 Å². The highest BCUT2D eigenvalue weighted by atomic mass is 16.1. The van der Waals surface area contributed by atoms with E-state index in [1.807, 2.05) is 24.3 Å². The first-order chi connectivity index (χ1) is 8.11. The summed E-state index contributed by atoms with van der Waals surface area (Å²) in [5.74, 6) is 0.343. The van der Waals surface area contributed by atoms with E-state index in [4.69, 9.17) is 0 Å². The van der Waals surface area contributed by atoms with Gasteiger partial charge in [-0.05, 0) is 24.3 Å². The summed E-state index contributed by atoms with van der Waals surface area (Å²) < 4.78 is 0. The van der Waals surface area contributed by atoms with Crippen LogP contribution in [0.3, 0.4) is 0 Å². The smallest absolute Gasteiger partial charge is 0.139 e. The summed E-state index contributed by atoms with van der Waals surface area (Å²) in [5, 5.41) is 2.23. The second-order valence-corrected chi connectivity index (χ2v) is 4.75. The van der Waals surface area contributed by atoms with Crippen LogP contribution in [0.1, 0.15) is 32.4 Å². The lowest BCUT2D eigenvalue weighted by Gasteiger charge is -2.18. The molecule has 17 heavy (non-hydrogen) atoms. The lowest BCUT2D eigenvalue weighted by Crippen LogP contribution is -2.17. The number of hydrogen-bond acceptors (Lipinski definition) is 2. The van der Waals surface area contributed by atoms with E-state index in [-0.39, 0.29) is 17.6 Å². The molecule has 2 rings (SSSR count). The highest BCUT2D eigenvalue weighted by Gasteiger charge is 2.23. The highest BCUT2D eigenvalue weighted by molar-refractivity contribution is 5.91. The Morgan fingerprint density at radius 1 is 1.18 bits per heavy atom. The fourth-order valence-corrected chi connectivity index (χ4v) is 2.37. The number of ketones is 1. The largest absolute Gasteiger partial charge is 0.299 e. The first kappa shape index (κ1) is 11.8. The molecular formula is C15H17NO. The maximum atomic E-state index is 11.8. The molecule has 1 heterocycles. The average Bonchev–Trinajstić information content (AvgIpc) is 2.28. The van der Waals surface area contributed by atoms with Crippen LogP contribution < -0.4 is 0 Å². The molecule has 0 fully saturated rings. The maximum absolute atomic E-state index is 11.8. The zero-order chi connectivity index (χ0) is 12.4. The molecule has 0 aliphatic heterocycles. The van der Waals surface area contributed by atoms with Crippen LogP contribution in [0.25, 0.3) is 10.8 Å². The van der Waals surface area contributed by atoms with Gasteiger partial charge in [-0.25, -0.2) is 0 Å². The van der Waals surface area contributed by atoms with Crippen LogP contribution in [-0.4, -0.2) is 10.8 Å². The van der Waals surface area contributed by atoms with Crippen molar-refractivity contribution in [3.05, 3.63) is 42.2 Å². The van der Waals surface area contributed by atoms with Crippen LogP contribution in [0.15, 0.2) is 36.5 Å². The quantitative estimate of drug-likeness (QED) is 0.802. The fourth-order valence-electron chi connectivity index (χ4n) is 2.37. The van der Waals surface area contributed by atoms with Gasteiger partial charge in [0.25, 0.3) is 0 Å². The van der Waals surface area contributed by atoms with Crippen molar-refractivity contribution in [1.29, 1.82) is 0 Å². The molecule has 0 spiro atoms. The summed E-state index contributed by atoms with van der Waals surface area (Å²) in [5.41, 5.74) is 0.908. The Kier molecular flexibility index (Phi) is 3.23. The molecule has 0 saturated carbocycles. The van der Waals surface area contributed by atoms with E-state index in [0.717, 1.165) is 16.5 Å². The highest BCUT2D eigenvalue weighted by Crippen LogP contribution is 2.29. The molecule has 0 amide bonds. The minimum absolute atomic E-state index is 0.110. The van der Waals surface area contributed by atoms with E-state index in [2.05, 4.69) is 24.9 Å². The van der Waals surface area contributed by atoms with Gasteiger partial charge in [0.2, 0.25) is 0 Å². The summed E-state index contributed by atoms with van der Waals surface area (Å²) in [4.78, 5) is 16.2. The molecule has 0 bridgehead atoms. The molecule has 2 nitrogen and oxygen atoms in total. The van der Waals surface area contributed by atoms with Crippen molar-refractivity contribution in [2.24, 2.45) is 5.92 Å². The number of pyridine rings is 1. The molecule has 88 valence electrons. The van der Waals surface area contributed by atoms with Gasteiger partial charge in [-0.15, -0.1) is 0 Å². The van der Waals surface area contributed by atoms with Crippen molar-refractivity contribution in [3.8, 4) is 0 Å². The van der Waals surface area contributed by atoms with E-state index >= 15 is 0 Å². The van der Waals surface area contributed by atoms with Gasteiger partial charge in [0.05, 0.1) is 11.6 Å². The van der Waals surface area contributed by atoms with Gasteiger partial charge in [0.1, 0.15) is 5.78 Å². The lowest BCUT2D eigenvalue weighted by molar-refractivity contribution is -0.119. The third-order valence-corrected chi connectivity index (χ3v) is 3.10. The Labute approximate surface area is 102 Å². The molecule has 1 aromatic heterocycles. The Morgan fingerprint density at radius 3 is 2.53 bits per heavy atom. The Hall–Kier alpha value is -1.70. The molecule has 0 saturated heterocycles. The topological polar surface area (TPSA) is 30.0 Å². The van der Waals surface area contributed by atoms with Crippen molar-refractivity contribution < 1.29 is 4.79 Å². The molecule has 0 aliphatic carbocycles. The number of aromatic nitrogens is 1. The van der Waals surface area contributed by atoms with E-state index in [1.165, 1.54) is 0 Å². The fraction of sp³-hybridized carbons (Fsp3) is 0.333. The number of carbonyl (C=O) groups excluding carboxylic acids is 1. The SMILES string of the molecule is CC(=O)C(c1nccc2ccccc12)C(C)C. The second-order valence-electron chi connectivity index (χ2n) is 4.75. The summed E-state index contributed by atoms with van der Waals surface area (Å²) in [6.07, 6.45) is 1.79. The lowest BCUT2D eigenvalue weighted by atomic mass is 9.86. The monoisotopic (exact) mass is 227 g/mol. The molecular weight excluding hydrogens is 210 g/mol. The minimum atomic E-state index is -0.110. The molecule has 2 aromatic rings. The first-order valence-electron chi connectivity index (χ1n) is 5.95. The van der Waals surface area contributed by atoms with Crippen molar-refractivity contribution >= 4 is 16.6 Å². The van der Waals surface area contributed by atoms with Gasteiger partial charge >= 0.3 is 0 Å². The third kappa shape index (κ3) is 2.21. The van der Waals surface area contributed by atoms with Gasteiger partial charge in [-0.3, -0.25) is 9.78 Å². The van der Waals surface area contributed by atoms with Gasteiger partial charge in [-0.1, -0.05) is 38.1 Å². The molecule has 0 N–H and O–H groups in total. The molecule has 1 aromatic carbocycles. The van der Waals surface area contributed by atoms with Crippen molar-refractivity contribution in [2.45, 2.75) is 26.7 Å². The van der Waals surface area contributed by atoms with Crippen LogP contribution in [0, 0.1) is 5.92 Å². The third-order valence-electron chi connectivity index (χ3n) is 3.10. The van der Waals surface area contributed by atoms with Gasteiger partial charge < -0.3 is 0 Å². The number of carbonyl (C=O) groups is 1. The molecule has 0 aliphatic rings. The average molecular weight is 227 g/mol. The molecule has 2 heteroatoms. The van der Waals surface area contributed by atoms with E-state index in [1.54, 1.807) is 13.1 Å². The van der Waals surface area contributed by atoms with Crippen molar-refractivity contribution in [2.75, 3.05) is 0 Å². The van der Waals surface area contributed by atoms with Gasteiger partial charge in [0, 0.05) is 11.6 Å². The zero-order valence-electron chi connectivity index (χ0n) is 10.5. The summed E-state index contributed by atoms with van der Waals surface area (Å²) in [6, 6.07) is 10.1. The van der Waals surface area contributed by atoms with Gasteiger partial charge in [-0.2, -0.15) is 0 Å². The molecule has 0 radical (unpaired) electrons. The van der Waals surface area contributed by atoms with Gasteiger partial charge in [0.15, 0.2) is 0 Å². The summed E-state index contributed by atoms with van der Waals surface area (Å²) in [6.45, 7) is 5.78. The first-order valence-corrected chi connectivity index (χ1v) is 5.95. The Bertz CT molecular complexity index is 540. The number of hydrogen-bond donors (Lipinski definition) is 0. The van der Waals surface area contributed by atoms with Crippen LogP contribution in [0.4, 0.5) is 0 Å². The predicted molar refractivity (Wildman–Crippen MR) is 70.0 cm³/mol. The number of fused-ring (bicyclic) bond motifs is 1. The standard InChI is InChI=1S/C15H17NO/c1-10(2)14(11(3)17)15-13-7-5-4-6-12(13)8-9-16-15/h4-10,14H,1-3H3. The summed E-state index contributed by atoms with van der Waals surface area (Å²) >= 11 is 0. The van der Waals surface area contributed by atoms with E-state index in [0.29, 0.717) is 0 Å². The van der Waals surface area contributed by atoms with Crippen LogP contribution >= 0.6 is 0 Å². The van der Waals surface area contributed by atoms with Crippen molar-refractivity contribution in [3.63, 3.8) is 0 Å². The Balaban J connectivity index is 2.65. The second kappa shape index (κ2) is 4.66. The predicted octanol–water partition coefficient (Wildman–Crippen LogP) is 3.56. The number of nitrogens with zero attached hydrogens (tertiary/aromatic N) is 1. The molecule has 1 atom stereocenters. The zero-order valence-corrected chi connectivity index (χ0v) is 10.5. The number of benzene rings is 1. The van der Waals surface area contributed by atoms with Crippen molar-refractivity contribution in [1.82, 2.24) is 4.98 Å². The van der Waals surface area contributed by atoms with Crippen LogP contribution in [0.5, 0.6) is 0 Å². The van der Waals surface area contributed by atoms with E-state index < -0.39 is 0 Å². The normalized spacial score (nSPS) is 12.9.